The SMILES string of the molecule is Cc1cc2c(cc3n2CC(C)(C(=O)NC2CCCCCCC2)N(Cc2ccccc2F)C3=O)o1. The van der Waals surface area contributed by atoms with Gasteiger partial charge in [0.2, 0.25) is 5.91 Å². The van der Waals surface area contributed by atoms with Crippen LogP contribution in [0.2, 0.25) is 0 Å². The fraction of sp³-hybridized carbons (Fsp3) is 0.481. The van der Waals surface area contributed by atoms with Crippen LogP contribution in [0.3, 0.4) is 0 Å². The summed E-state index contributed by atoms with van der Waals surface area (Å²) in [5.74, 6) is -0.116. The van der Waals surface area contributed by atoms with Crippen LogP contribution in [0.25, 0.3) is 11.1 Å². The molecule has 2 aliphatic rings. The fourth-order valence-corrected chi connectivity index (χ4v) is 5.45. The van der Waals surface area contributed by atoms with Gasteiger partial charge in [-0.2, -0.15) is 0 Å². The molecule has 180 valence electrons. The number of nitrogens with zero attached hydrogens (tertiary/aromatic N) is 2. The maximum absolute atomic E-state index is 14.6. The number of benzene rings is 1. The number of halogens is 1. The molecule has 0 radical (unpaired) electrons. The second-order valence-electron chi connectivity index (χ2n) is 9.99. The van der Waals surface area contributed by atoms with Gasteiger partial charge in [0.1, 0.15) is 22.8 Å². The number of furan rings is 1. The number of carbonyl (C=O) groups excluding carboxylic acids is 2. The lowest BCUT2D eigenvalue weighted by Gasteiger charge is -2.44. The third kappa shape index (κ3) is 4.01. The second-order valence-corrected chi connectivity index (χ2v) is 9.99. The van der Waals surface area contributed by atoms with Crippen molar-refractivity contribution in [3.63, 3.8) is 0 Å². The number of aromatic nitrogens is 1. The van der Waals surface area contributed by atoms with Crippen molar-refractivity contribution in [1.82, 2.24) is 14.8 Å². The molecular weight excluding hydrogens is 433 g/mol. The van der Waals surface area contributed by atoms with Gasteiger partial charge in [-0.15, -0.1) is 0 Å². The monoisotopic (exact) mass is 465 g/mol. The number of hydrogen-bond donors (Lipinski definition) is 1. The number of hydrogen-bond acceptors (Lipinski definition) is 3. The van der Waals surface area contributed by atoms with Crippen LogP contribution in [0.5, 0.6) is 0 Å². The molecule has 3 aromatic rings. The minimum Gasteiger partial charge on any atom is -0.460 e. The third-order valence-electron chi connectivity index (χ3n) is 7.45. The first-order valence-corrected chi connectivity index (χ1v) is 12.3. The van der Waals surface area contributed by atoms with E-state index in [0.29, 0.717) is 16.8 Å². The van der Waals surface area contributed by atoms with Crippen molar-refractivity contribution in [2.45, 2.75) is 83.5 Å². The molecule has 1 aliphatic carbocycles. The highest BCUT2D eigenvalue weighted by molar-refractivity contribution is 6.03. The highest BCUT2D eigenvalue weighted by atomic mass is 19.1. The molecule has 0 saturated heterocycles. The van der Waals surface area contributed by atoms with Gasteiger partial charge in [0.25, 0.3) is 5.91 Å². The van der Waals surface area contributed by atoms with E-state index in [1.807, 2.05) is 17.6 Å². The molecule has 1 aromatic carbocycles. The maximum atomic E-state index is 14.6. The van der Waals surface area contributed by atoms with Gasteiger partial charge in [0.15, 0.2) is 5.58 Å². The minimum atomic E-state index is -1.17. The van der Waals surface area contributed by atoms with Crippen molar-refractivity contribution in [1.29, 1.82) is 0 Å². The molecular formula is C27H32FN3O3. The summed E-state index contributed by atoms with van der Waals surface area (Å²) in [6, 6.07) is 10.1. The van der Waals surface area contributed by atoms with E-state index in [0.717, 1.165) is 37.0 Å². The normalized spacial score (nSPS) is 21.9. The Morgan fingerprint density at radius 3 is 2.59 bits per heavy atom. The zero-order valence-electron chi connectivity index (χ0n) is 19.9. The summed E-state index contributed by atoms with van der Waals surface area (Å²) in [6.07, 6.45) is 7.70. The van der Waals surface area contributed by atoms with Crippen LogP contribution in [-0.4, -0.2) is 32.9 Å². The summed E-state index contributed by atoms with van der Waals surface area (Å²) in [7, 11) is 0. The Hall–Kier alpha value is -3.09. The van der Waals surface area contributed by atoms with Crippen molar-refractivity contribution < 1.29 is 18.4 Å². The van der Waals surface area contributed by atoms with E-state index in [1.54, 1.807) is 31.2 Å². The van der Waals surface area contributed by atoms with Crippen molar-refractivity contribution in [2.75, 3.05) is 0 Å². The van der Waals surface area contributed by atoms with Crippen molar-refractivity contribution >= 4 is 22.9 Å². The summed E-state index contributed by atoms with van der Waals surface area (Å²) in [5, 5.41) is 3.26. The van der Waals surface area contributed by atoms with Crippen molar-refractivity contribution in [3.8, 4) is 0 Å². The van der Waals surface area contributed by atoms with Gasteiger partial charge in [-0.3, -0.25) is 9.59 Å². The van der Waals surface area contributed by atoms with E-state index in [1.165, 1.54) is 30.2 Å². The number of fused-ring (bicyclic) bond motifs is 3. The molecule has 2 aromatic heterocycles. The molecule has 6 nitrogen and oxygen atoms in total. The molecule has 2 amide bonds. The van der Waals surface area contributed by atoms with Crippen LogP contribution in [0.15, 0.2) is 40.8 Å². The number of carbonyl (C=O) groups is 2. The summed E-state index contributed by atoms with van der Waals surface area (Å²) in [5.41, 5.74) is 1.10. The Balaban J connectivity index is 1.52. The van der Waals surface area contributed by atoms with Crippen LogP contribution in [0.4, 0.5) is 4.39 Å². The van der Waals surface area contributed by atoms with Gasteiger partial charge < -0.3 is 19.2 Å². The number of nitrogens with one attached hydrogen (secondary N) is 1. The molecule has 0 bridgehead atoms. The molecule has 1 aliphatic heterocycles. The maximum Gasteiger partial charge on any atom is 0.271 e. The van der Waals surface area contributed by atoms with Crippen LogP contribution < -0.4 is 5.32 Å². The van der Waals surface area contributed by atoms with Gasteiger partial charge in [-0.1, -0.05) is 50.3 Å². The number of rotatable bonds is 4. The smallest absolute Gasteiger partial charge is 0.271 e. The van der Waals surface area contributed by atoms with E-state index in [9.17, 15) is 14.0 Å². The first kappa shape index (κ1) is 22.7. The van der Waals surface area contributed by atoms with Gasteiger partial charge in [-0.05, 0) is 32.8 Å². The van der Waals surface area contributed by atoms with Crippen molar-refractivity contribution in [2.24, 2.45) is 0 Å². The molecule has 1 unspecified atom stereocenters. The van der Waals surface area contributed by atoms with E-state index in [-0.39, 0.29) is 36.8 Å². The average Bonchev–Trinajstić information content (AvgIpc) is 3.30. The van der Waals surface area contributed by atoms with E-state index in [4.69, 9.17) is 4.42 Å². The Labute approximate surface area is 199 Å². The van der Waals surface area contributed by atoms with E-state index < -0.39 is 5.54 Å². The first-order valence-electron chi connectivity index (χ1n) is 12.3. The molecule has 0 spiro atoms. The van der Waals surface area contributed by atoms with Gasteiger partial charge >= 0.3 is 0 Å². The summed E-state index contributed by atoms with van der Waals surface area (Å²) >= 11 is 0. The number of aryl methyl sites for hydroxylation is 1. The summed E-state index contributed by atoms with van der Waals surface area (Å²) in [4.78, 5) is 29.1. The van der Waals surface area contributed by atoms with E-state index >= 15 is 0 Å². The predicted molar refractivity (Wildman–Crippen MR) is 128 cm³/mol. The highest BCUT2D eigenvalue weighted by Crippen LogP contribution is 2.35. The van der Waals surface area contributed by atoms with Crippen LogP contribution in [0.1, 0.15) is 73.7 Å². The third-order valence-corrected chi connectivity index (χ3v) is 7.45. The van der Waals surface area contributed by atoms with E-state index in [2.05, 4.69) is 5.32 Å². The highest BCUT2D eigenvalue weighted by Gasteiger charge is 2.48. The Bertz CT molecular complexity index is 1220. The molecule has 1 fully saturated rings. The Morgan fingerprint density at radius 1 is 1.15 bits per heavy atom. The zero-order chi connectivity index (χ0) is 23.9. The lowest BCUT2D eigenvalue weighted by Crippen LogP contribution is -2.64. The Morgan fingerprint density at radius 2 is 1.85 bits per heavy atom. The molecule has 1 saturated carbocycles. The Kier molecular flexibility index (Phi) is 5.96. The second kappa shape index (κ2) is 8.93. The molecule has 1 N–H and O–H groups in total. The molecule has 3 heterocycles. The van der Waals surface area contributed by atoms with Gasteiger partial charge in [-0.25, -0.2) is 4.39 Å². The van der Waals surface area contributed by atoms with Gasteiger partial charge in [0.05, 0.1) is 18.6 Å². The van der Waals surface area contributed by atoms with Crippen LogP contribution in [0, 0.1) is 12.7 Å². The van der Waals surface area contributed by atoms with Crippen LogP contribution in [-0.2, 0) is 17.9 Å². The molecule has 5 rings (SSSR count). The van der Waals surface area contributed by atoms with Crippen molar-refractivity contribution in [3.05, 3.63) is 59.2 Å². The summed E-state index contributed by atoms with van der Waals surface area (Å²) < 4.78 is 22.2. The molecule has 34 heavy (non-hydrogen) atoms. The predicted octanol–water partition coefficient (Wildman–Crippen LogP) is 5.33. The standard InChI is InChI=1S/C27H32FN3O3/c1-18-14-22-24(34-18)15-23-25(32)31(16-19-10-8-9-13-21(19)28)27(2,17-30(22)23)26(33)29-20-11-6-4-3-5-7-12-20/h8-10,13-15,20H,3-7,11-12,16-17H2,1-2H3,(H,29,33). The lowest BCUT2D eigenvalue weighted by molar-refractivity contribution is -0.134. The van der Waals surface area contributed by atoms with Gasteiger partial charge in [0, 0.05) is 23.7 Å². The lowest BCUT2D eigenvalue weighted by atomic mass is 9.91. The zero-order valence-corrected chi connectivity index (χ0v) is 19.9. The quantitative estimate of drug-likeness (QED) is 0.567. The molecule has 1 atom stereocenters. The average molecular weight is 466 g/mol. The molecule has 7 heteroatoms. The summed E-state index contributed by atoms with van der Waals surface area (Å²) in [6.45, 7) is 3.96. The first-order chi connectivity index (χ1) is 16.4. The topological polar surface area (TPSA) is 67.5 Å². The largest absolute Gasteiger partial charge is 0.460 e. The minimum absolute atomic E-state index is 0.0195. The van der Waals surface area contributed by atoms with Crippen LogP contribution >= 0.6 is 0 Å². The fourth-order valence-electron chi connectivity index (χ4n) is 5.45. The number of amides is 2.